The van der Waals surface area contributed by atoms with Crippen LogP contribution in [0.2, 0.25) is 0 Å². The lowest BCUT2D eigenvalue weighted by Crippen LogP contribution is -2.40. The molecule has 0 unspecified atom stereocenters. The van der Waals surface area contributed by atoms with Crippen LogP contribution < -0.4 is 16.5 Å². The molecule has 0 fully saturated rings. The number of halogens is 1. The molecule has 2 aromatic rings. The molecule has 22 heavy (non-hydrogen) atoms. The average molecular weight is 304 g/mol. The van der Waals surface area contributed by atoms with Gasteiger partial charge in [0.05, 0.1) is 0 Å². The van der Waals surface area contributed by atoms with Gasteiger partial charge in [0.15, 0.2) is 5.69 Å². The molecule has 0 radical (unpaired) electrons. The maximum atomic E-state index is 13.9. The number of carbonyl (C=O) groups excluding carboxylic acids is 1. The molecule has 7 heteroatoms. The second-order valence-electron chi connectivity index (χ2n) is 4.97. The van der Waals surface area contributed by atoms with Gasteiger partial charge in [0.2, 0.25) is 5.43 Å². The molecule has 0 saturated heterocycles. The maximum Gasteiger partial charge on any atom is 0.276 e. The number of nitrogens with one attached hydrogen (secondary N) is 1. The molecule has 1 atom stereocenters. The Labute approximate surface area is 126 Å². The molecule has 0 aliphatic carbocycles. The molecule has 0 saturated carbocycles. The van der Waals surface area contributed by atoms with E-state index in [1.165, 1.54) is 22.9 Å². The van der Waals surface area contributed by atoms with Crippen molar-refractivity contribution >= 4 is 5.91 Å². The highest BCUT2D eigenvalue weighted by atomic mass is 19.1. The van der Waals surface area contributed by atoms with E-state index in [9.17, 15) is 14.0 Å². The summed E-state index contributed by atoms with van der Waals surface area (Å²) in [7, 11) is 0. The smallest absolute Gasteiger partial charge is 0.276 e. The lowest BCUT2D eigenvalue weighted by molar-refractivity contribution is 0.0933. The predicted molar refractivity (Wildman–Crippen MR) is 80.5 cm³/mol. The van der Waals surface area contributed by atoms with Crippen molar-refractivity contribution in [3.63, 3.8) is 0 Å². The van der Waals surface area contributed by atoms with E-state index in [4.69, 9.17) is 5.73 Å². The number of benzene rings is 1. The Hall–Kier alpha value is -2.54. The molecular weight excluding hydrogens is 287 g/mol. The molecule has 6 nitrogen and oxygen atoms in total. The first-order chi connectivity index (χ1) is 10.4. The number of amides is 1. The monoisotopic (exact) mass is 304 g/mol. The molecule has 1 heterocycles. The minimum Gasteiger partial charge on any atom is -0.347 e. The summed E-state index contributed by atoms with van der Waals surface area (Å²) in [5.41, 5.74) is 5.21. The Balaban J connectivity index is 2.50. The van der Waals surface area contributed by atoms with Crippen molar-refractivity contribution in [3.8, 4) is 5.69 Å². The highest BCUT2D eigenvalue weighted by Crippen LogP contribution is 2.13. The van der Waals surface area contributed by atoms with Gasteiger partial charge in [0, 0.05) is 24.3 Å². The third kappa shape index (κ3) is 3.20. The lowest BCUT2D eigenvalue weighted by atomic mass is 10.2. The normalized spacial score (nSPS) is 12.0. The number of hydrogen-bond acceptors (Lipinski definition) is 4. The van der Waals surface area contributed by atoms with Crippen LogP contribution in [0.5, 0.6) is 0 Å². The van der Waals surface area contributed by atoms with Gasteiger partial charge in [-0.1, -0.05) is 12.1 Å². The van der Waals surface area contributed by atoms with Crippen LogP contribution in [0.1, 0.15) is 23.1 Å². The summed E-state index contributed by atoms with van der Waals surface area (Å²) in [6.45, 7) is 3.56. The summed E-state index contributed by atoms with van der Waals surface area (Å²) < 4.78 is 15.1. The van der Waals surface area contributed by atoms with Gasteiger partial charge in [-0.2, -0.15) is 5.10 Å². The van der Waals surface area contributed by atoms with Crippen molar-refractivity contribution in [2.75, 3.05) is 6.54 Å². The van der Waals surface area contributed by atoms with E-state index in [1.807, 2.05) is 0 Å². The first-order valence-electron chi connectivity index (χ1n) is 6.81. The summed E-state index contributed by atoms with van der Waals surface area (Å²) >= 11 is 0. The van der Waals surface area contributed by atoms with Crippen molar-refractivity contribution in [2.45, 2.75) is 19.9 Å². The molecule has 0 aliphatic heterocycles. The number of nitrogens with zero attached hydrogens (tertiary/aromatic N) is 2. The van der Waals surface area contributed by atoms with E-state index in [0.717, 1.165) is 0 Å². The van der Waals surface area contributed by atoms with Crippen molar-refractivity contribution < 1.29 is 9.18 Å². The van der Waals surface area contributed by atoms with Gasteiger partial charge in [0.25, 0.3) is 5.91 Å². The fourth-order valence-electron chi connectivity index (χ4n) is 1.92. The standard InChI is InChI=1S/C15H17FN4O2/c1-9(8-17)18-15(22)14-13(21)7-10(2)20(19-14)12-6-4-3-5-11(12)16/h3-7,9H,8,17H2,1-2H3,(H,18,22)/t9-/m0/s1. The Morgan fingerprint density at radius 3 is 2.77 bits per heavy atom. The van der Waals surface area contributed by atoms with E-state index in [2.05, 4.69) is 10.4 Å². The van der Waals surface area contributed by atoms with Gasteiger partial charge in [-0.05, 0) is 26.0 Å². The Morgan fingerprint density at radius 2 is 2.14 bits per heavy atom. The van der Waals surface area contributed by atoms with Gasteiger partial charge in [-0.3, -0.25) is 9.59 Å². The topological polar surface area (TPSA) is 90.0 Å². The summed E-state index contributed by atoms with van der Waals surface area (Å²) in [6.07, 6.45) is 0. The van der Waals surface area contributed by atoms with E-state index < -0.39 is 17.2 Å². The van der Waals surface area contributed by atoms with Crippen LogP contribution in [0.3, 0.4) is 0 Å². The molecule has 2 rings (SSSR count). The first-order valence-corrected chi connectivity index (χ1v) is 6.81. The quantitative estimate of drug-likeness (QED) is 0.872. The number of rotatable bonds is 4. The summed E-state index contributed by atoms with van der Waals surface area (Å²) in [5, 5.41) is 6.57. The maximum absolute atomic E-state index is 13.9. The van der Waals surface area contributed by atoms with Crippen LogP contribution in [0.25, 0.3) is 5.69 Å². The number of carbonyl (C=O) groups is 1. The summed E-state index contributed by atoms with van der Waals surface area (Å²) in [4.78, 5) is 24.0. The Kier molecular flexibility index (Phi) is 4.67. The van der Waals surface area contributed by atoms with Gasteiger partial charge in [-0.15, -0.1) is 0 Å². The van der Waals surface area contributed by atoms with Crippen molar-refractivity contribution in [3.05, 3.63) is 57.8 Å². The Bertz CT molecular complexity index is 757. The number of hydrogen-bond donors (Lipinski definition) is 2. The Morgan fingerprint density at radius 1 is 1.45 bits per heavy atom. The average Bonchev–Trinajstić information content (AvgIpc) is 2.48. The van der Waals surface area contributed by atoms with E-state index >= 15 is 0 Å². The number of aromatic nitrogens is 2. The predicted octanol–water partition coefficient (Wildman–Crippen LogP) is 0.757. The molecule has 0 spiro atoms. The SMILES string of the molecule is Cc1cc(=O)c(C(=O)N[C@@H](C)CN)nn1-c1ccccc1F. The van der Waals surface area contributed by atoms with Crippen LogP contribution in [-0.4, -0.2) is 28.3 Å². The van der Waals surface area contributed by atoms with Gasteiger partial charge >= 0.3 is 0 Å². The third-order valence-corrected chi connectivity index (χ3v) is 3.13. The van der Waals surface area contributed by atoms with Crippen LogP contribution >= 0.6 is 0 Å². The van der Waals surface area contributed by atoms with E-state index in [1.54, 1.807) is 26.0 Å². The first kappa shape index (κ1) is 15.8. The zero-order chi connectivity index (χ0) is 16.3. The second-order valence-corrected chi connectivity index (χ2v) is 4.97. The van der Waals surface area contributed by atoms with E-state index in [0.29, 0.717) is 5.69 Å². The van der Waals surface area contributed by atoms with Crippen LogP contribution in [0.15, 0.2) is 35.1 Å². The zero-order valence-corrected chi connectivity index (χ0v) is 12.3. The molecule has 1 aromatic carbocycles. The molecule has 1 aromatic heterocycles. The third-order valence-electron chi connectivity index (χ3n) is 3.13. The molecular formula is C15H17FN4O2. The molecule has 1 amide bonds. The molecule has 0 aliphatic rings. The van der Waals surface area contributed by atoms with E-state index in [-0.39, 0.29) is 24.0 Å². The van der Waals surface area contributed by atoms with Crippen molar-refractivity contribution in [2.24, 2.45) is 5.73 Å². The largest absolute Gasteiger partial charge is 0.347 e. The molecule has 3 N–H and O–H groups in total. The number of para-hydroxylation sites is 1. The second kappa shape index (κ2) is 6.48. The minimum atomic E-state index is -0.631. The molecule has 0 bridgehead atoms. The van der Waals surface area contributed by atoms with Gasteiger partial charge < -0.3 is 11.1 Å². The van der Waals surface area contributed by atoms with Crippen LogP contribution in [0, 0.1) is 12.7 Å². The van der Waals surface area contributed by atoms with Gasteiger partial charge in [0.1, 0.15) is 11.5 Å². The van der Waals surface area contributed by atoms with Gasteiger partial charge in [-0.25, -0.2) is 9.07 Å². The van der Waals surface area contributed by atoms with Crippen LogP contribution in [-0.2, 0) is 0 Å². The summed E-state index contributed by atoms with van der Waals surface area (Å²) in [6, 6.07) is 6.95. The highest BCUT2D eigenvalue weighted by molar-refractivity contribution is 5.92. The summed E-state index contributed by atoms with van der Waals surface area (Å²) in [5.74, 6) is -1.13. The fraction of sp³-hybridized carbons (Fsp3) is 0.267. The lowest BCUT2D eigenvalue weighted by Gasteiger charge is -2.13. The van der Waals surface area contributed by atoms with Crippen LogP contribution in [0.4, 0.5) is 4.39 Å². The number of nitrogens with two attached hydrogens (primary N) is 1. The van der Waals surface area contributed by atoms with Crippen molar-refractivity contribution in [1.29, 1.82) is 0 Å². The highest BCUT2D eigenvalue weighted by Gasteiger charge is 2.17. The van der Waals surface area contributed by atoms with Crippen molar-refractivity contribution in [1.82, 2.24) is 15.1 Å². The zero-order valence-electron chi connectivity index (χ0n) is 12.3. The minimum absolute atomic E-state index is 0.168. The number of aryl methyl sites for hydroxylation is 1. The molecule has 116 valence electrons. The fourth-order valence-corrected chi connectivity index (χ4v) is 1.92.